The van der Waals surface area contributed by atoms with Crippen molar-refractivity contribution in [2.24, 2.45) is 4.99 Å². The van der Waals surface area contributed by atoms with Crippen molar-refractivity contribution in [2.75, 3.05) is 11.1 Å². The van der Waals surface area contributed by atoms with E-state index in [4.69, 9.17) is 16.1 Å². The van der Waals surface area contributed by atoms with Crippen LogP contribution in [0.2, 0.25) is 0 Å². The SMILES string of the molecule is CC(C)(C)n1c(-c2ccccc2N/C=N\C=N)nc2cc(-c3cnc(N)nc3O)ccc21. The molecule has 32 heavy (non-hydrogen) atoms. The summed E-state index contributed by atoms with van der Waals surface area (Å²) in [4.78, 5) is 16.6. The number of hydrogen-bond donors (Lipinski definition) is 4. The third-order valence-corrected chi connectivity index (χ3v) is 4.96. The molecule has 0 saturated heterocycles. The van der Waals surface area contributed by atoms with E-state index in [0.29, 0.717) is 5.56 Å². The number of aromatic hydroxyl groups is 1. The number of nitrogens with one attached hydrogen (secondary N) is 2. The molecule has 2 aromatic heterocycles. The normalized spacial score (nSPS) is 11.8. The van der Waals surface area contributed by atoms with Gasteiger partial charge in [0.05, 0.1) is 28.6 Å². The fourth-order valence-corrected chi connectivity index (χ4v) is 3.65. The Balaban J connectivity index is 1.92. The van der Waals surface area contributed by atoms with Crippen molar-refractivity contribution < 1.29 is 5.11 Å². The van der Waals surface area contributed by atoms with Gasteiger partial charge in [-0.3, -0.25) is 5.41 Å². The summed E-state index contributed by atoms with van der Waals surface area (Å²) in [6, 6.07) is 13.6. The highest BCUT2D eigenvalue weighted by atomic mass is 16.3. The molecular formula is C23H24N8O. The molecule has 0 amide bonds. The van der Waals surface area contributed by atoms with Gasteiger partial charge in [-0.25, -0.2) is 15.0 Å². The third kappa shape index (κ3) is 3.87. The monoisotopic (exact) mass is 428 g/mol. The van der Waals surface area contributed by atoms with Crippen molar-refractivity contribution in [2.45, 2.75) is 26.3 Å². The van der Waals surface area contributed by atoms with Crippen molar-refractivity contribution in [3.05, 3.63) is 48.7 Å². The van der Waals surface area contributed by atoms with Gasteiger partial charge in [0, 0.05) is 17.3 Å². The summed E-state index contributed by atoms with van der Waals surface area (Å²) < 4.78 is 2.18. The van der Waals surface area contributed by atoms with Crippen LogP contribution in [-0.2, 0) is 5.54 Å². The predicted molar refractivity (Wildman–Crippen MR) is 128 cm³/mol. The van der Waals surface area contributed by atoms with Crippen molar-refractivity contribution in [3.8, 4) is 28.4 Å². The highest BCUT2D eigenvalue weighted by molar-refractivity contribution is 5.91. The van der Waals surface area contributed by atoms with Crippen LogP contribution in [0.25, 0.3) is 33.5 Å². The van der Waals surface area contributed by atoms with Gasteiger partial charge in [0.15, 0.2) is 0 Å². The van der Waals surface area contributed by atoms with Crippen LogP contribution in [0.4, 0.5) is 11.6 Å². The van der Waals surface area contributed by atoms with Gasteiger partial charge in [-0.05, 0) is 50.6 Å². The van der Waals surface area contributed by atoms with Crippen molar-refractivity contribution in [1.82, 2.24) is 19.5 Å². The van der Waals surface area contributed by atoms with Crippen molar-refractivity contribution in [1.29, 1.82) is 5.41 Å². The lowest BCUT2D eigenvalue weighted by atomic mass is 10.0. The number of aromatic nitrogens is 4. The minimum Gasteiger partial charge on any atom is -0.493 e. The van der Waals surface area contributed by atoms with Gasteiger partial charge in [0.25, 0.3) is 0 Å². The Labute approximate surface area is 185 Å². The predicted octanol–water partition coefficient (Wildman–Crippen LogP) is 4.25. The highest BCUT2D eigenvalue weighted by Gasteiger charge is 2.24. The van der Waals surface area contributed by atoms with Gasteiger partial charge in [-0.1, -0.05) is 18.2 Å². The van der Waals surface area contributed by atoms with Crippen molar-refractivity contribution >= 4 is 35.3 Å². The van der Waals surface area contributed by atoms with E-state index in [1.807, 2.05) is 42.5 Å². The molecule has 0 atom stereocenters. The first-order valence-corrected chi connectivity index (χ1v) is 10.0. The maximum Gasteiger partial charge on any atom is 0.223 e. The van der Waals surface area contributed by atoms with E-state index in [0.717, 1.165) is 40.0 Å². The summed E-state index contributed by atoms with van der Waals surface area (Å²) in [6.45, 7) is 6.37. The van der Waals surface area contributed by atoms with Crippen LogP contribution in [0, 0.1) is 5.41 Å². The number of benzene rings is 2. The molecule has 4 rings (SSSR count). The summed E-state index contributed by atoms with van der Waals surface area (Å²) in [5.74, 6) is 0.628. The van der Waals surface area contributed by atoms with E-state index in [1.54, 1.807) is 0 Å². The van der Waals surface area contributed by atoms with Crippen LogP contribution >= 0.6 is 0 Å². The molecule has 0 radical (unpaired) electrons. The van der Waals surface area contributed by atoms with E-state index in [2.05, 4.69) is 45.6 Å². The number of rotatable bonds is 5. The molecule has 5 N–H and O–H groups in total. The largest absolute Gasteiger partial charge is 0.493 e. The molecule has 0 fully saturated rings. The van der Waals surface area contributed by atoms with E-state index in [1.165, 1.54) is 12.5 Å². The van der Waals surface area contributed by atoms with Gasteiger partial charge < -0.3 is 20.7 Å². The number of para-hydroxylation sites is 1. The Kier molecular flexibility index (Phi) is 5.31. The minimum atomic E-state index is -0.256. The summed E-state index contributed by atoms with van der Waals surface area (Å²) in [6.07, 6.45) is 3.94. The minimum absolute atomic E-state index is 0.0160. The number of nitrogens with two attached hydrogens (primary N) is 1. The quantitative estimate of drug-likeness (QED) is 0.277. The lowest BCUT2D eigenvalue weighted by Gasteiger charge is -2.25. The number of imidazole rings is 1. The molecule has 0 unspecified atom stereocenters. The average molecular weight is 429 g/mol. The van der Waals surface area contributed by atoms with E-state index in [-0.39, 0.29) is 17.4 Å². The summed E-state index contributed by atoms with van der Waals surface area (Å²) in [5, 5.41) is 20.4. The van der Waals surface area contributed by atoms with Gasteiger partial charge in [0.1, 0.15) is 12.2 Å². The fourth-order valence-electron chi connectivity index (χ4n) is 3.65. The average Bonchev–Trinajstić information content (AvgIpc) is 3.13. The second kappa shape index (κ2) is 8.10. The Morgan fingerprint density at radius 1 is 1.12 bits per heavy atom. The van der Waals surface area contributed by atoms with Crippen LogP contribution in [0.3, 0.4) is 0 Å². The molecule has 0 aliphatic carbocycles. The van der Waals surface area contributed by atoms with Crippen LogP contribution < -0.4 is 11.1 Å². The number of anilines is 2. The summed E-state index contributed by atoms with van der Waals surface area (Å²) in [7, 11) is 0. The molecule has 9 nitrogen and oxygen atoms in total. The van der Waals surface area contributed by atoms with Gasteiger partial charge in [-0.2, -0.15) is 4.98 Å². The Bertz CT molecular complexity index is 1330. The fraction of sp³-hybridized carbons (Fsp3) is 0.174. The zero-order valence-electron chi connectivity index (χ0n) is 18.0. The van der Waals surface area contributed by atoms with Gasteiger partial charge in [-0.15, -0.1) is 0 Å². The lowest BCUT2D eigenvalue weighted by Crippen LogP contribution is -2.22. The first-order chi connectivity index (χ1) is 15.3. The first-order valence-electron chi connectivity index (χ1n) is 10.0. The molecule has 0 bridgehead atoms. The Morgan fingerprint density at radius 3 is 2.62 bits per heavy atom. The molecule has 0 aliphatic rings. The van der Waals surface area contributed by atoms with E-state index < -0.39 is 0 Å². The molecule has 2 aromatic carbocycles. The van der Waals surface area contributed by atoms with Crippen LogP contribution in [0.15, 0.2) is 53.7 Å². The van der Waals surface area contributed by atoms with Crippen LogP contribution in [-0.4, -0.2) is 37.3 Å². The molecule has 2 heterocycles. The van der Waals surface area contributed by atoms with E-state index in [9.17, 15) is 5.11 Å². The molecule has 0 spiro atoms. The molecular weight excluding hydrogens is 404 g/mol. The zero-order chi connectivity index (χ0) is 22.9. The number of nitrogen functional groups attached to an aromatic ring is 1. The molecule has 9 heteroatoms. The number of aliphatic imine (C=N–C) groups is 1. The molecule has 162 valence electrons. The molecule has 0 saturated carbocycles. The number of fused-ring (bicyclic) bond motifs is 1. The smallest absolute Gasteiger partial charge is 0.223 e. The van der Waals surface area contributed by atoms with Gasteiger partial charge >= 0.3 is 0 Å². The highest BCUT2D eigenvalue weighted by Crippen LogP contribution is 2.37. The third-order valence-electron chi connectivity index (χ3n) is 4.96. The topological polar surface area (TPSA) is 138 Å². The van der Waals surface area contributed by atoms with Crippen molar-refractivity contribution in [3.63, 3.8) is 0 Å². The second-order valence-corrected chi connectivity index (χ2v) is 8.21. The summed E-state index contributed by atoms with van der Waals surface area (Å²) in [5.41, 5.74) is 9.98. The second-order valence-electron chi connectivity index (χ2n) is 8.21. The van der Waals surface area contributed by atoms with Crippen LogP contribution in [0.1, 0.15) is 20.8 Å². The first kappa shape index (κ1) is 21.0. The van der Waals surface area contributed by atoms with Gasteiger partial charge in [0.2, 0.25) is 11.8 Å². The lowest BCUT2D eigenvalue weighted by molar-refractivity contribution is 0.413. The molecule has 0 aliphatic heterocycles. The number of nitrogens with zero attached hydrogens (tertiary/aromatic N) is 5. The zero-order valence-corrected chi connectivity index (χ0v) is 18.0. The Hall–Kier alpha value is -4.27. The number of hydrogen-bond acceptors (Lipinski definition) is 6. The maximum atomic E-state index is 10.2. The Morgan fingerprint density at radius 2 is 1.91 bits per heavy atom. The van der Waals surface area contributed by atoms with Crippen LogP contribution in [0.5, 0.6) is 5.88 Å². The van der Waals surface area contributed by atoms with E-state index >= 15 is 0 Å². The summed E-state index contributed by atoms with van der Waals surface area (Å²) >= 11 is 0. The standard InChI is InChI=1S/C23H24N8O/c1-23(2,3)31-19-9-8-14(16-11-27-22(25)30-21(16)32)10-18(19)29-20(31)15-6-4-5-7-17(15)28-13-26-12-24/h4-13H,1-3H3,(H2,24,26,28)(H3,25,27,30,32). The maximum absolute atomic E-state index is 10.2. The molecule has 4 aromatic rings.